The normalized spacial score (nSPS) is 27.3. The molecule has 22 heavy (non-hydrogen) atoms. The van der Waals surface area contributed by atoms with Crippen LogP contribution in [0.5, 0.6) is 5.88 Å². The van der Waals surface area contributed by atoms with Gasteiger partial charge in [-0.2, -0.15) is 0 Å². The van der Waals surface area contributed by atoms with Gasteiger partial charge in [0.05, 0.1) is 7.11 Å². The number of hydrogen-bond acceptors (Lipinski definition) is 5. The van der Waals surface area contributed by atoms with Gasteiger partial charge in [-0.3, -0.25) is 0 Å². The van der Waals surface area contributed by atoms with Crippen molar-refractivity contribution < 1.29 is 4.74 Å². The summed E-state index contributed by atoms with van der Waals surface area (Å²) in [6.45, 7) is 9.33. The zero-order valence-electron chi connectivity index (χ0n) is 14.1. The molecular formula is C17H28N4O. The molecule has 5 nitrogen and oxygen atoms in total. The van der Waals surface area contributed by atoms with Crippen LogP contribution in [0, 0.1) is 5.41 Å². The molecule has 3 rings (SSSR count). The number of ether oxygens (including phenoxy) is 1. The maximum Gasteiger partial charge on any atom is 0.218 e. The molecule has 2 saturated heterocycles. The molecular weight excluding hydrogens is 276 g/mol. The number of likely N-dealkylation sites (tertiary alicyclic amines) is 1. The molecule has 0 bridgehead atoms. The molecule has 5 heteroatoms. The molecule has 1 aromatic rings. The first-order valence-corrected chi connectivity index (χ1v) is 8.51. The number of methoxy groups -OCH3 is 1. The fraction of sp³-hybridized carbons (Fsp3) is 0.765. The van der Waals surface area contributed by atoms with Gasteiger partial charge < -0.3 is 14.5 Å². The maximum atomic E-state index is 5.24. The van der Waals surface area contributed by atoms with Crippen molar-refractivity contribution in [2.75, 3.05) is 38.2 Å². The summed E-state index contributed by atoms with van der Waals surface area (Å²) in [7, 11) is 1.66. The topological polar surface area (TPSA) is 41.5 Å². The van der Waals surface area contributed by atoms with Crippen LogP contribution in [0.4, 0.5) is 5.82 Å². The fourth-order valence-electron chi connectivity index (χ4n) is 3.96. The van der Waals surface area contributed by atoms with Gasteiger partial charge in [-0.25, -0.2) is 9.97 Å². The van der Waals surface area contributed by atoms with E-state index in [1.165, 1.54) is 38.8 Å². The Hall–Kier alpha value is -1.36. The Morgan fingerprint density at radius 3 is 2.91 bits per heavy atom. The lowest BCUT2D eigenvalue weighted by Gasteiger charge is -2.41. The highest BCUT2D eigenvalue weighted by Gasteiger charge is 2.42. The predicted octanol–water partition coefficient (Wildman–Crippen LogP) is 2.58. The summed E-state index contributed by atoms with van der Waals surface area (Å²) in [5, 5.41) is 0. The third kappa shape index (κ3) is 3.05. The molecule has 0 aromatic carbocycles. The first kappa shape index (κ1) is 15.5. The second-order valence-corrected chi connectivity index (χ2v) is 6.92. The van der Waals surface area contributed by atoms with E-state index in [1.807, 2.05) is 6.07 Å². The van der Waals surface area contributed by atoms with Gasteiger partial charge in [-0.05, 0) is 39.2 Å². The van der Waals surface area contributed by atoms with Crippen LogP contribution in [0.25, 0.3) is 0 Å². The second-order valence-electron chi connectivity index (χ2n) is 6.92. The van der Waals surface area contributed by atoms with E-state index in [0.29, 0.717) is 17.3 Å². The average Bonchev–Trinajstić information content (AvgIpc) is 2.97. The van der Waals surface area contributed by atoms with Crippen LogP contribution in [-0.4, -0.2) is 54.2 Å². The molecule has 1 spiro atoms. The number of aromatic nitrogens is 2. The van der Waals surface area contributed by atoms with Crippen LogP contribution in [0.15, 0.2) is 12.4 Å². The lowest BCUT2D eigenvalue weighted by molar-refractivity contribution is 0.188. The summed E-state index contributed by atoms with van der Waals surface area (Å²) in [6, 6.07) is 2.66. The van der Waals surface area contributed by atoms with Gasteiger partial charge in [0.25, 0.3) is 0 Å². The molecule has 122 valence electrons. The summed E-state index contributed by atoms with van der Waals surface area (Å²) >= 11 is 0. The zero-order valence-corrected chi connectivity index (χ0v) is 14.1. The number of rotatable bonds is 4. The van der Waals surface area contributed by atoms with Crippen molar-refractivity contribution >= 4 is 5.82 Å². The Morgan fingerprint density at radius 1 is 1.27 bits per heavy atom. The Balaban J connectivity index is 1.72. The van der Waals surface area contributed by atoms with E-state index in [1.54, 1.807) is 13.4 Å². The van der Waals surface area contributed by atoms with Gasteiger partial charge in [0.2, 0.25) is 5.88 Å². The van der Waals surface area contributed by atoms with Crippen LogP contribution < -0.4 is 9.64 Å². The first-order chi connectivity index (χ1) is 10.7. The van der Waals surface area contributed by atoms with Crippen molar-refractivity contribution in [3.8, 4) is 5.88 Å². The Bertz CT molecular complexity index is 509. The van der Waals surface area contributed by atoms with E-state index in [4.69, 9.17) is 4.74 Å². The molecule has 0 unspecified atom stereocenters. The highest BCUT2D eigenvalue weighted by molar-refractivity contribution is 5.41. The van der Waals surface area contributed by atoms with Gasteiger partial charge in [-0.15, -0.1) is 0 Å². The average molecular weight is 304 g/mol. The third-order valence-electron chi connectivity index (χ3n) is 5.50. The minimum atomic E-state index is 0.444. The second kappa shape index (κ2) is 6.41. The van der Waals surface area contributed by atoms with Gasteiger partial charge in [0.1, 0.15) is 12.1 Å². The van der Waals surface area contributed by atoms with Crippen molar-refractivity contribution in [3.63, 3.8) is 0 Å². The monoisotopic (exact) mass is 304 g/mol. The summed E-state index contributed by atoms with van der Waals surface area (Å²) in [6.07, 6.45) is 6.76. The van der Waals surface area contributed by atoms with Crippen molar-refractivity contribution in [1.29, 1.82) is 0 Å². The number of piperidine rings is 1. The summed E-state index contributed by atoms with van der Waals surface area (Å²) in [5.74, 6) is 1.66. The van der Waals surface area contributed by atoms with E-state index in [9.17, 15) is 0 Å². The van der Waals surface area contributed by atoms with Gasteiger partial charge in [-0.1, -0.05) is 6.92 Å². The molecule has 0 N–H and O–H groups in total. The van der Waals surface area contributed by atoms with Crippen molar-refractivity contribution in [1.82, 2.24) is 14.9 Å². The van der Waals surface area contributed by atoms with E-state index in [-0.39, 0.29) is 0 Å². The Kier molecular flexibility index (Phi) is 4.52. The predicted molar refractivity (Wildman–Crippen MR) is 88.4 cm³/mol. The van der Waals surface area contributed by atoms with Crippen LogP contribution in [0.1, 0.15) is 39.5 Å². The number of nitrogens with zero attached hydrogens (tertiary/aromatic N) is 4. The zero-order chi connectivity index (χ0) is 15.6. The molecule has 0 aliphatic carbocycles. The highest BCUT2D eigenvalue weighted by Crippen LogP contribution is 2.40. The van der Waals surface area contributed by atoms with E-state index < -0.39 is 0 Å². The molecule has 1 aromatic heterocycles. The molecule has 2 atom stereocenters. The van der Waals surface area contributed by atoms with E-state index >= 15 is 0 Å². The van der Waals surface area contributed by atoms with Crippen LogP contribution >= 0.6 is 0 Å². The lowest BCUT2D eigenvalue weighted by Crippen LogP contribution is -2.46. The molecule has 2 aliphatic rings. The SMILES string of the molecule is CC[C@@H](C)N1CC[C@]2(CCCN(c3cc(OC)ncn3)C2)C1. The Morgan fingerprint density at radius 2 is 2.14 bits per heavy atom. The summed E-state index contributed by atoms with van der Waals surface area (Å²) in [5.41, 5.74) is 0.444. The maximum absolute atomic E-state index is 5.24. The van der Waals surface area contributed by atoms with E-state index in [0.717, 1.165) is 18.9 Å². The van der Waals surface area contributed by atoms with Crippen molar-refractivity contribution in [2.45, 2.75) is 45.6 Å². The molecule has 0 amide bonds. The van der Waals surface area contributed by atoms with Crippen LogP contribution in [-0.2, 0) is 0 Å². The fourth-order valence-corrected chi connectivity index (χ4v) is 3.96. The molecule has 3 heterocycles. The largest absolute Gasteiger partial charge is 0.481 e. The minimum absolute atomic E-state index is 0.444. The molecule has 0 saturated carbocycles. The standard InChI is InChI=1S/C17H28N4O/c1-4-14(2)20-9-7-17(11-20)6-5-8-21(12-17)15-10-16(22-3)19-13-18-15/h10,13-14H,4-9,11-12H2,1-3H3/t14-,17-/m1/s1. The molecule has 2 aliphatic heterocycles. The van der Waals surface area contributed by atoms with E-state index in [2.05, 4.69) is 33.6 Å². The van der Waals surface area contributed by atoms with Crippen molar-refractivity contribution in [2.24, 2.45) is 5.41 Å². The number of anilines is 1. The molecule has 2 fully saturated rings. The molecule has 0 radical (unpaired) electrons. The van der Waals surface area contributed by atoms with Crippen molar-refractivity contribution in [3.05, 3.63) is 12.4 Å². The highest BCUT2D eigenvalue weighted by atomic mass is 16.5. The quantitative estimate of drug-likeness (QED) is 0.855. The van der Waals surface area contributed by atoms with Crippen LogP contribution in [0.3, 0.4) is 0 Å². The minimum Gasteiger partial charge on any atom is -0.481 e. The first-order valence-electron chi connectivity index (χ1n) is 8.51. The smallest absolute Gasteiger partial charge is 0.218 e. The summed E-state index contributed by atoms with van der Waals surface area (Å²) < 4.78 is 5.24. The lowest BCUT2D eigenvalue weighted by atomic mass is 9.79. The van der Waals surface area contributed by atoms with Gasteiger partial charge in [0, 0.05) is 37.2 Å². The summed E-state index contributed by atoms with van der Waals surface area (Å²) in [4.78, 5) is 13.7. The van der Waals surface area contributed by atoms with Crippen LogP contribution in [0.2, 0.25) is 0 Å². The van der Waals surface area contributed by atoms with Gasteiger partial charge in [0.15, 0.2) is 0 Å². The Labute approximate surface area is 133 Å². The third-order valence-corrected chi connectivity index (χ3v) is 5.50. The van der Waals surface area contributed by atoms with Gasteiger partial charge >= 0.3 is 0 Å². The number of hydrogen-bond donors (Lipinski definition) is 0.